The van der Waals surface area contributed by atoms with Crippen LogP contribution in [0.15, 0.2) is 61.2 Å². The standard InChI is InChI=1S/C20H17FN6/c21-14-6-7-18-24-12-17(27(18)13-14)20-23-10-8-19(25-20)26-11-3-5-16(26)15-4-1-2-9-22-15/h1-2,4,6-10,12-13,16H,3,5,11H2. The molecule has 5 rings (SSSR count). The predicted molar refractivity (Wildman–Crippen MR) is 99.7 cm³/mol. The maximum Gasteiger partial charge on any atom is 0.180 e. The highest BCUT2D eigenvalue weighted by atomic mass is 19.1. The highest BCUT2D eigenvalue weighted by Gasteiger charge is 2.28. The zero-order valence-corrected chi connectivity index (χ0v) is 14.5. The summed E-state index contributed by atoms with van der Waals surface area (Å²) < 4.78 is 15.3. The first-order valence-electron chi connectivity index (χ1n) is 8.93. The Kier molecular flexibility index (Phi) is 3.78. The maximum absolute atomic E-state index is 13.7. The summed E-state index contributed by atoms with van der Waals surface area (Å²) in [6, 6.07) is 11.1. The first kappa shape index (κ1) is 15.9. The van der Waals surface area contributed by atoms with E-state index in [1.807, 2.05) is 24.4 Å². The number of aromatic nitrogens is 5. The van der Waals surface area contributed by atoms with Gasteiger partial charge in [0.25, 0.3) is 0 Å². The van der Waals surface area contributed by atoms with Gasteiger partial charge in [-0.1, -0.05) is 6.07 Å². The summed E-state index contributed by atoms with van der Waals surface area (Å²) in [4.78, 5) is 20.2. The topological polar surface area (TPSA) is 59.2 Å². The minimum absolute atomic E-state index is 0.202. The minimum Gasteiger partial charge on any atom is -0.348 e. The highest BCUT2D eigenvalue weighted by Crippen LogP contribution is 2.34. The van der Waals surface area contributed by atoms with Crippen LogP contribution >= 0.6 is 0 Å². The van der Waals surface area contributed by atoms with Crippen molar-refractivity contribution < 1.29 is 4.39 Å². The summed E-state index contributed by atoms with van der Waals surface area (Å²) in [6.45, 7) is 0.916. The van der Waals surface area contributed by atoms with Crippen LogP contribution in [0.25, 0.3) is 17.2 Å². The molecule has 0 aliphatic carbocycles. The van der Waals surface area contributed by atoms with Crippen molar-refractivity contribution in [1.82, 2.24) is 24.3 Å². The van der Waals surface area contributed by atoms with Gasteiger partial charge >= 0.3 is 0 Å². The summed E-state index contributed by atoms with van der Waals surface area (Å²) in [6.07, 6.45) is 8.77. The number of halogens is 1. The molecule has 0 N–H and O–H groups in total. The van der Waals surface area contributed by atoms with Crippen molar-refractivity contribution in [2.45, 2.75) is 18.9 Å². The number of fused-ring (bicyclic) bond motifs is 1. The Morgan fingerprint density at radius 1 is 1.00 bits per heavy atom. The molecule has 7 heteroatoms. The van der Waals surface area contributed by atoms with Gasteiger partial charge in [-0.25, -0.2) is 19.3 Å². The smallest absolute Gasteiger partial charge is 0.180 e. The van der Waals surface area contributed by atoms with E-state index >= 15 is 0 Å². The number of rotatable bonds is 3. The monoisotopic (exact) mass is 360 g/mol. The van der Waals surface area contributed by atoms with Gasteiger partial charge in [-0.3, -0.25) is 9.38 Å². The molecule has 1 atom stereocenters. The minimum atomic E-state index is -0.326. The fraction of sp³-hybridized carbons (Fsp3) is 0.200. The van der Waals surface area contributed by atoms with E-state index < -0.39 is 0 Å². The van der Waals surface area contributed by atoms with Crippen LogP contribution in [0, 0.1) is 5.82 Å². The third-order valence-corrected chi connectivity index (χ3v) is 4.92. The van der Waals surface area contributed by atoms with Crippen LogP contribution in [0.1, 0.15) is 24.6 Å². The predicted octanol–water partition coefficient (Wildman–Crippen LogP) is 3.67. The van der Waals surface area contributed by atoms with Gasteiger partial charge in [0.15, 0.2) is 5.82 Å². The van der Waals surface area contributed by atoms with Gasteiger partial charge < -0.3 is 4.90 Å². The van der Waals surface area contributed by atoms with E-state index in [2.05, 4.69) is 25.9 Å². The number of pyridine rings is 2. The lowest BCUT2D eigenvalue weighted by molar-refractivity contribution is 0.619. The fourth-order valence-corrected chi connectivity index (χ4v) is 3.67. The Hall–Kier alpha value is -3.35. The Morgan fingerprint density at radius 3 is 2.85 bits per heavy atom. The molecular formula is C20H17FN6. The van der Waals surface area contributed by atoms with E-state index in [0.717, 1.165) is 30.9 Å². The van der Waals surface area contributed by atoms with Crippen LogP contribution in [0.2, 0.25) is 0 Å². The molecular weight excluding hydrogens is 343 g/mol. The molecule has 0 spiro atoms. The van der Waals surface area contributed by atoms with Crippen LogP contribution in [-0.4, -0.2) is 30.9 Å². The molecule has 1 aliphatic heterocycles. The van der Waals surface area contributed by atoms with Gasteiger partial charge in [0, 0.05) is 25.1 Å². The van der Waals surface area contributed by atoms with E-state index in [4.69, 9.17) is 4.98 Å². The average molecular weight is 360 g/mol. The molecule has 0 amide bonds. The lowest BCUT2D eigenvalue weighted by Crippen LogP contribution is -2.24. The number of anilines is 1. The molecule has 134 valence electrons. The number of imidazole rings is 1. The molecule has 1 saturated heterocycles. The molecule has 0 radical (unpaired) electrons. The molecule has 1 fully saturated rings. The molecule has 27 heavy (non-hydrogen) atoms. The summed E-state index contributed by atoms with van der Waals surface area (Å²) in [5, 5.41) is 0. The van der Waals surface area contributed by atoms with Crippen LogP contribution in [0.5, 0.6) is 0 Å². The molecule has 4 aromatic rings. The Balaban J connectivity index is 1.54. The van der Waals surface area contributed by atoms with Gasteiger partial charge in [-0.05, 0) is 43.2 Å². The van der Waals surface area contributed by atoms with E-state index in [0.29, 0.717) is 17.2 Å². The van der Waals surface area contributed by atoms with E-state index in [9.17, 15) is 4.39 Å². The summed E-state index contributed by atoms with van der Waals surface area (Å²) in [7, 11) is 0. The second-order valence-corrected chi connectivity index (χ2v) is 6.56. The number of nitrogens with zero attached hydrogens (tertiary/aromatic N) is 6. The largest absolute Gasteiger partial charge is 0.348 e. The second kappa shape index (κ2) is 6.42. The third-order valence-electron chi connectivity index (χ3n) is 4.92. The summed E-state index contributed by atoms with van der Waals surface area (Å²) in [5.41, 5.74) is 2.37. The number of hydrogen-bond donors (Lipinski definition) is 0. The van der Waals surface area contributed by atoms with Crippen LogP contribution < -0.4 is 4.90 Å². The van der Waals surface area contributed by atoms with Gasteiger partial charge in [0.05, 0.1) is 17.9 Å². The fourth-order valence-electron chi connectivity index (χ4n) is 3.67. The summed E-state index contributed by atoms with van der Waals surface area (Å²) in [5.74, 6) is 1.05. The summed E-state index contributed by atoms with van der Waals surface area (Å²) >= 11 is 0. The lowest BCUT2D eigenvalue weighted by Gasteiger charge is -2.25. The maximum atomic E-state index is 13.7. The lowest BCUT2D eigenvalue weighted by atomic mass is 10.1. The van der Waals surface area contributed by atoms with Crippen molar-refractivity contribution in [3.63, 3.8) is 0 Å². The molecule has 1 aliphatic rings. The molecule has 0 aromatic carbocycles. The van der Waals surface area contributed by atoms with Crippen LogP contribution in [0.3, 0.4) is 0 Å². The SMILES string of the molecule is Fc1ccc2ncc(-c3nccc(N4CCCC4c4ccccn4)n3)n2c1. The van der Waals surface area contributed by atoms with E-state index in [1.165, 1.54) is 12.3 Å². The van der Waals surface area contributed by atoms with Gasteiger partial charge in [-0.2, -0.15) is 0 Å². The molecule has 0 bridgehead atoms. The van der Waals surface area contributed by atoms with E-state index in [-0.39, 0.29) is 11.9 Å². The van der Waals surface area contributed by atoms with Crippen molar-refractivity contribution in [3.8, 4) is 11.5 Å². The van der Waals surface area contributed by atoms with Crippen molar-refractivity contribution in [1.29, 1.82) is 0 Å². The molecule has 6 nitrogen and oxygen atoms in total. The van der Waals surface area contributed by atoms with Crippen molar-refractivity contribution in [3.05, 3.63) is 72.7 Å². The Morgan fingerprint density at radius 2 is 1.96 bits per heavy atom. The first-order chi connectivity index (χ1) is 13.3. The van der Waals surface area contributed by atoms with Crippen molar-refractivity contribution in [2.75, 3.05) is 11.4 Å². The van der Waals surface area contributed by atoms with Crippen molar-refractivity contribution in [2.24, 2.45) is 0 Å². The number of hydrogen-bond acceptors (Lipinski definition) is 5. The van der Waals surface area contributed by atoms with Crippen LogP contribution in [-0.2, 0) is 0 Å². The van der Waals surface area contributed by atoms with Gasteiger partial charge in [-0.15, -0.1) is 0 Å². The normalized spacial score (nSPS) is 16.9. The molecule has 1 unspecified atom stereocenters. The Bertz CT molecular complexity index is 1090. The molecule has 5 heterocycles. The average Bonchev–Trinajstić information content (AvgIpc) is 3.36. The Labute approximate surface area is 155 Å². The zero-order valence-electron chi connectivity index (χ0n) is 14.5. The van der Waals surface area contributed by atoms with Gasteiger partial charge in [0.2, 0.25) is 0 Å². The van der Waals surface area contributed by atoms with Crippen molar-refractivity contribution >= 4 is 11.5 Å². The second-order valence-electron chi connectivity index (χ2n) is 6.56. The van der Waals surface area contributed by atoms with E-state index in [1.54, 1.807) is 22.9 Å². The molecule has 0 saturated carbocycles. The third kappa shape index (κ3) is 2.81. The first-order valence-corrected chi connectivity index (χ1v) is 8.93. The quantitative estimate of drug-likeness (QED) is 0.558. The van der Waals surface area contributed by atoms with Crippen LogP contribution in [0.4, 0.5) is 10.2 Å². The zero-order chi connectivity index (χ0) is 18.2. The highest BCUT2D eigenvalue weighted by molar-refractivity contribution is 5.59. The van der Waals surface area contributed by atoms with Gasteiger partial charge in [0.1, 0.15) is 23.0 Å². The molecule has 4 aromatic heterocycles.